The Morgan fingerprint density at radius 2 is 1.94 bits per heavy atom. The van der Waals surface area contributed by atoms with E-state index < -0.39 is 40.2 Å². The van der Waals surface area contributed by atoms with Crippen molar-refractivity contribution in [3.8, 4) is 11.3 Å². The van der Waals surface area contributed by atoms with Gasteiger partial charge in [0, 0.05) is 29.8 Å². The fraction of sp³-hybridized carbons (Fsp3) is 0.0455. The molecule has 3 amide bonds. The average molecular weight is 485 g/mol. The Bertz CT molecular complexity index is 1370. The molecule has 0 radical (unpaired) electrons. The molecule has 12 heteroatoms. The van der Waals surface area contributed by atoms with Crippen LogP contribution in [0.15, 0.2) is 63.9 Å². The first-order chi connectivity index (χ1) is 16.2. The van der Waals surface area contributed by atoms with Crippen molar-refractivity contribution in [2.24, 2.45) is 0 Å². The third kappa shape index (κ3) is 4.86. The molecule has 1 fully saturated rings. The van der Waals surface area contributed by atoms with Crippen LogP contribution in [0, 0.1) is 21.7 Å². The number of furan rings is 1. The van der Waals surface area contributed by atoms with E-state index >= 15 is 0 Å². The Balaban J connectivity index is 1.46. The van der Waals surface area contributed by atoms with Crippen LogP contribution in [0.1, 0.15) is 5.76 Å². The molecule has 4 rings (SSSR count). The van der Waals surface area contributed by atoms with Gasteiger partial charge in [0.15, 0.2) is 0 Å². The summed E-state index contributed by atoms with van der Waals surface area (Å²) >= 11 is 0.587. The van der Waals surface area contributed by atoms with Gasteiger partial charge in [-0.3, -0.25) is 29.4 Å². The van der Waals surface area contributed by atoms with Crippen LogP contribution in [0.5, 0.6) is 0 Å². The van der Waals surface area contributed by atoms with E-state index in [0.717, 1.165) is 12.1 Å². The highest BCUT2D eigenvalue weighted by Gasteiger charge is 2.36. The van der Waals surface area contributed by atoms with Crippen molar-refractivity contribution in [2.45, 2.75) is 0 Å². The van der Waals surface area contributed by atoms with Crippen LogP contribution in [0.2, 0.25) is 0 Å². The second-order valence-corrected chi connectivity index (χ2v) is 7.94. The van der Waals surface area contributed by atoms with Gasteiger partial charge in [-0.1, -0.05) is 12.1 Å². The van der Waals surface area contributed by atoms with Crippen LogP contribution in [0.4, 0.5) is 25.0 Å². The van der Waals surface area contributed by atoms with Crippen molar-refractivity contribution in [1.82, 2.24) is 4.90 Å². The van der Waals surface area contributed by atoms with E-state index in [2.05, 4.69) is 5.32 Å². The minimum absolute atomic E-state index is 0.00861. The molecule has 0 saturated carbocycles. The lowest BCUT2D eigenvalue weighted by Gasteiger charge is -2.12. The summed E-state index contributed by atoms with van der Waals surface area (Å²) in [6.07, 6.45) is 1.31. The summed E-state index contributed by atoms with van der Waals surface area (Å²) in [7, 11) is 0. The largest absolute Gasteiger partial charge is 0.457 e. The van der Waals surface area contributed by atoms with Crippen molar-refractivity contribution in [1.29, 1.82) is 0 Å². The second-order valence-electron chi connectivity index (χ2n) is 6.95. The van der Waals surface area contributed by atoms with E-state index in [1.807, 2.05) is 0 Å². The van der Waals surface area contributed by atoms with E-state index in [9.17, 15) is 33.3 Å². The van der Waals surface area contributed by atoms with E-state index in [0.29, 0.717) is 34.1 Å². The van der Waals surface area contributed by atoms with Crippen LogP contribution < -0.4 is 5.32 Å². The molecule has 1 saturated heterocycles. The maximum Gasteiger partial charge on any atom is 0.294 e. The first-order valence-electron chi connectivity index (χ1n) is 9.56. The van der Waals surface area contributed by atoms with Crippen molar-refractivity contribution in [3.63, 3.8) is 0 Å². The summed E-state index contributed by atoms with van der Waals surface area (Å²) in [5.41, 5.74) is 0.0418. The maximum absolute atomic E-state index is 13.7. The van der Waals surface area contributed by atoms with E-state index in [1.165, 1.54) is 30.3 Å². The molecule has 1 N–H and O–H groups in total. The van der Waals surface area contributed by atoms with Gasteiger partial charge < -0.3 is 9.73 Å². The molecule has 0 aliphatic carbocycles. The van der Waals surface area contributed by atoms with E-state index in [4.69, 9.17) is 4.42 Å². The van der Waals surface area contributed by atoms with Gasteiger partial charge >= 0.3 is 0 Å². The van der Waals surface area contributed by atoms with Crippen molar-refractivity contribution >= 4 is 46.3 Å². The zero-order chi connectivity index (χ0) is 24.4. The van der Waals surface area contributed by atoms with Gasteiger partial charge in [-0.25, -0.2) is 8.78 Å². The number of carbonyl (C=O) groups excluding carboxylic acids is 3. The molecule has 1 aliphatic heterocycles. The predicted octanol–water partition coefficient (Wildman–Crippen LogP) is 4.81. The van der Waals surface area contributed by atoms with Crippen molar-refractivity contribution in [2.75, 3.05) is 11.9 Å². The molecule has 1 aliphatic rings. The number of rotatable bonds is 6. The third-order valence-electron chi connectivity index (χ3n) is 4.62. The van der Waals surface area contributed by atoms with Gasteiger partial charge in [0.25, 0.3) is 16.8 Å². The van der Waals surface area contributed by atoms with Gasteiger partial charge in [-0.05, 0) is 36.0 Å². The summed E-state index contributed by atoms with van der Waals surface area (Å²) in [6, 6.07) is 11.4. The van der Waals surface area contributed by atoms with E-state index in [1.54, 1.807) is 12.1 Å². The average Bonchev–Trinajstić information content (AvgIpc) is 3.36. The molecule has 1 aromatic heterocycles. The Morgan fingerprint density at radius 3 is 2.68 bits per heavy atom. The number of nitro groups is 1. The summed E-state index contributed by atoms with van der Waals surface area (Å²) in [5, 5.41) is 12.4. The van der Waals surface area contributed by atoms with Gasteiger partial charge in [-0.15, -0.1) is 0 Å². The second kappa shape index (κ2) is 9.27. The fourth-order valence-corrected chi connectivity index (χ4v) is 3.87. The minimum atomic E-state index is -1.00. The predicted molar refractivity (Wildman–Crippen MR) is 118 cm³/mol. The number of hydrogen-bond acceptors (Lipinski definition) is 7. The first-order valence-corrected chi connectivity index (χ1v) is 10.4. The number of anilines is 1. The molecule has 2 heterocycles. The first kappa shape index (κ1) is 22.9. The van der Waals surface area contributed by atoms with Gasteiger partial charge in [0.1, 0.15) is 29.7 Å². The quantitative estimate of drug-likeness (QED) is 0.302. The fourth-order valence-electron chi connectivity index (χ4n) is 3.05. The van der Waals surface area contributed by atoms with Crippen LogP contribution in [0.25, 0.3) is 17.4 Å². The van der Waals surface area contributed by atoms with Crippen molar-refractivity contribution < 1.29 is 32.5 Å². The zero-order valence-electron chi connectivity index (χ0n) is 17.0. The summed E-state index contributed by atoms with van der Waals surface area (Å²) < 4.78 is 32.3. The topological polar surface area (TPSA) is 123 Å². The van der Waals surface area contributed by atoms with Crippen LogP contribution >= 0.6 is 11.8 Å². The number of imide groups is 1. The number of carbonyl (C=O) groups is 3. The van der Waals surface area contributed by atoms with E-state index in [-0.39, 0.29) is 22.0 Å². The van der Waals surface area contributed by atoms with Crippen LogP contribution in [-0.4, -0.2) is 33.4 Å². The summed E-state index contributed by atoms with van der Waals surface area (Å²) in [6.45, 7) is -0.671. The number of non-ortho nitro benzene ring substituents is 1. The summed E-state index contributed by atoms with van der Waals surface area (Å²) in [5.74, 6) is -2.89. The number of nitrogens with zero attached hydrogens (tertiary/aromatic N) is 2. The highest BCUT2D eigenvalue weighted by Crippen LogP contribution is 2.33. The minimum Gasteiger partial charge on any atom is -0.457 e. The lowest BCUT2D eigenvalue weighted by atomic mass is 10.1. The van der Waals surface area contributed by atoms with Gasteiger partial charge in [-0.2, -0.15) is 0 Å². The monoisotopic (exact) mass is 485 g/mol. The molecule has 0 unspecified atom stereocenters. The molecule has 0 atom stereocenters. The third-order valence-corrected chi connectivity index (χ3v) is 5.53. The van der Waals surface area contributed by atoms with Crippen LogP contribution in [-0.2, 0) is 9.59 Å². The lowest BCUT2D eigenvalue weighted by molar-refractivity contribution is -0.384. The Hall–Kier alpha value is -4.32. The molecular formula is C22H13F2N3O6S. The summed E-state index contributed by atoms with van der Waals surface area (Å²) in [4.78, 5) is 48.1. The van der Waals surface area contributed by atoms with Gasteiger partial charge in [0.05, 0.1) is 15.5 Å². The lowest BCUT2D eigenvalue weighted by Crippen LogP contribution is -2.36. The number of halogens is 2. The normalized spacial score (nSPS) is 14.6. The number of benzene rings is 2. The highest BCUT2D eigenvalue weighted by molar-refractivity contribution is 8.18. The number of amides is 3. The number of hydrogen-bond donors (Lipinski definition) is 1. The van der Waals surface area contributed by atoms with Crippen LogP contribution in [0.3, 0.4) is 0 Å². The zero-order valence-corrected chi connectivity index (χ0v) is 17.8. The van der Waals surface area contributed by atoms with Gasteiger partial charge in [0.2, 0.25) is 5.91 Å². The molecule has 34 heavy (non-hydrogen) atoms. The molecule has 0 bridgehead atoms. The molecule has 3 aromatic rings. The van der Waals surface area contributed by atoms with Crippen molar-refractivity contribution in [3.05, 3.63) is 87.0 Å². The molecule has 2 aromatic carbocycles. The molecular weight excluding hydrogens is 472 g/mol. The molecule has 0 spiro atoms. The SMILES string of the molecule is O=C(CN1C(=O)S/C(=C/c2ccc(-c3cccc([N+](=O)[O-])c3)o2)C1=O)Nc1ccc(F)cc1F. The molecule has 9 nitrogen and oxygen atoms in total. The maximum atomic E-state index is 13.7. The molecule has 172 valence electrons. The standard InChI is InChI=1S/C22H13F2N3O6S/c23-13-4-6-17(16(24)9-13)25-20(28)11-26-21(29)19(34-22(26)30)10-15-5-7-18(33-15)12-2-1-3-14(8-12)27(31)32/h1-10H,11H2,(H,25,28)/b19-10+. The highest BCUT2D eigenvalue weighted by atomic mass is 32.2. The number of thioether (sulfide) groups is 1. The smallest absolute Gasteiger partial charge is 0.294 e. The number of nitrogens with one attached hydrogen (secondary N) is 1. The Labute approximate surface area is 194 Å². The Morgan fingerprint density at radius 1 is 1.15 bits per heavy atom. The Kier molecular flexibility index (Phi) is 6.23. The number of nitro benzene ring substituents is 1.